The third kappa shape index (κ3) is 4.30. The third-order valence-electron chi connectivity index (χ3n) is 2.95. The lowest BCUT2D eigenvalue weighted by molar-refractivity contribution is 0.0409. The Morgan fingerprint density at radius 1 is 1.20 bits per heavy atom. The maximum absolute atomic E-state index is 13.3. The molecule has 0 amide bonds. The Hall–Kier alpha value is -1.42. The molecular formula is C16H17ClFNO. The number of rotatable bonds is 6. The first-order valence-corrected chi connectivity index (χ1v) is 6.83. The molecule has 4 heteroatoms. The van der Waals surface area contributed by atoms with Gasteiger partial charge in [-0.15, -0.1) is 0 Å². The molecule has 0 fully saturated rings. The molecule has 2 rings (SSSR count). The quantitative estimate of drug-likeness (QED) is 0.870. The molecular weight excluding hydrogens is 277 g/mol. The number of hydrogen-bond acceptors (Lipinski definition) is 2. The highest BCUT2D eigenvalue weighted by Crippen LogP contribution is 2.20. The lowest BCUT2D eigenvalue weighted by Gasteiger charge is -2.18. The molecule has 2 aromatic carbocycles. The fourth-order valence-corrected chi connectivity index (χ4v) is 2.20. The van der Waals surface area contributed by atoms with Crippen molar-refractivity contribution in [1.29, 1.82) is 0 Å². The van der Waals surface area contributed by atoms with Gasteiger partial charge >= 0.3 is 0 Å². The first-order valence-electron chi connectivity index (χ1n) is 6.45. The lowest BCUT2D eigenvalue weighted by Crippen LogP contribution is -2.19. The Balaban J connectivity index is 2.06. The van der Waals surface area contributed by atoms with Crippen LogP contribution < -0.4 is 5.32 Å². The molecule has 0 aliphatic rings. The van der Waals surface area contributed by atoms with E-state index in [-0.39, 0.29) is 11.9 Å². The Morgan fingerprint density at radius 2 is 2.00 bits per heavy atom. The van der Waals surface area contributed by atoms with E-state index in [4.69, 9.17) is 16.3 Å². The molecule has 1 N–H and O–H groups in total. The van der Waals surface area contributed by atoms with Gasteiger partial charge in [-0.2, -0.15) is 0 Å². The van der Waals surface area contributed by atoms with Gasteiger partial charge in [-0.25, -0.2) is 4.39 Å². The molecule has 106 valence electrons. The molecule has 0 saturated heterocycles. The molecule has 20 heavy (non-hydrogen) atoms. The van der Waals surface area contributed by atoms with Gasteiger partial charge in [0.1, 0.15) is 5.82 Å². The van der Waals surface area contributed by atoms with Crippen molar-refractivity contribution in [3.63, 3.8) is 0 Å². The van der Waals surface area contributed by atoms with Gasteiger partial charge < -0.3 is 10.1 Å². The van der Waals surface area contributed by atoms with Crippen LogP contribution in [0.3, 0.4) is 0 Å². The molecule has 2 nitrogen and oxygen atoms in total. The van der Waals surface area contributed by atoms with Crippen LogP contribution in [0.2, 0.25) is 5.02 Å². The molecule has 0 radical (unpaired) electrons. The van der Waals surface area contributed by atoms with E-state index in [9.17, 15) is 4.39 Å². The molecule has 0 aliphatic heterocycles. The highest BCUT2D eigenvalue weighted by Gasteiger charge is 2.12. The van der Waals surface area contributed by atoms with Gasteiger partial charge in [0.05, 0.1) is 12.7 Å². The minimum absolute atomic E-state index is 0.199. The Kier molecular flexibility index (Phi) is 5.53. The van der Waals surface area contributed by atoms with Crippen molar-refractivity contribution in [2.24, 2.45) is 0 Å². The molecule has 0 heterocycles. The van der Waals surface area contributed by atoms with Crippen LogP contribution in [0.15, 0.2) is 48.5 Å². The fourth-order valence-electron chi connectivity index (χ4n) is 1.99. The first-order chi connectivity index (χ1) is 9.69. The standard InChI is InChI=1S/C16H17ClFNO/c1-19-10-16(13-5-3-7-15(18)9-13)20-11-12-4-2-6-14(17)8-12/h2-9,16,19H,10-11H2,1H3. The molecule has 1 atom stereocenters. The van der Waals surface area contributed by atoms with Gasteiger partial charge in [0.2, 0.25) is 0 Å². The summed E-state index contributed by atoms with van der Waals surface area (Å²) in [7, 11) is 1.84. The summed E-state index contributed by atoms with van der Waals surface area (Å²) in [5.41, 5.74) is 1.82. The number of ether oxygens (including phenoxy) is 1. The predicted molar refractivity (Wildman–Crippen MR) is 79.3 cm³/mol. The van der Waals surface area contributed by atoms with Crippen molar-refractivity contribution in [1.82, 2.24) is 5.32 Å². The monoisotopic (exact) mass is 293 g/mol. The molecule has 0 saturated carbocycles. The zero-order valence-electron chi connectivity index (χ0n) is 11.3. The second kappa shape index (κ2) is 7.39. The summed E-state index contributed by atoms with van der Waals surface area (Å²) in [5, 5.41) is 3.74. The van der Waals surface area contributed by atoms with Crippen LogP contribution in [0.5, 0.6) is 0 Å². The number of likely N-dealkylation sites (N-methyl/N-ethyl adjacent to an activating group) is 1. The van der Waals surface area contributed by atoms with E-state index in [1.807, 2.05) is 37.4 Å². The molecule has 0 bridgehead atoms. The number of benzene rings is 2. The first kappa shape index (κ1) is 15.0. The average Bonchev–Trinajstić information content (AvgIpc) is 2.43. The van der Waals surface area contributed by atoms with E-state index < -0.39 is 0 Å². The average molecular weight is 294 g/mol. The second-order valence-electron chi connectivity index (χ2n) is 4.54. The minimum Gasteiger partial charge on any atom is -0.368 e. The van der Waals surface area contributed by atoms with Crippen LogP contribution in [0.4, 0.5) is 4.39 Å². The smallest absolute Gasteiger partial charge is 0.123 e. The Morgan fingerprint density at radius 3 is 2.70 bits per heavy atom. The van der Waals surface area contributed by atoms with Crippen molar-refractivity contribution >= 4 is 11.6 Å². The Labute approximate surface area is 123 Å². The van der Waals surface area contributed by atoms with Crippen LogP contribution in [0.1, 0.15) is 17.2 Å². The zero-order valence-corrected chi connectivity index (χ0v) is 12.0. The summed E-state index contributed by atoms with van der Waals surface area (Å²) in [6.45, 7) is 1.05. The van der Waals surface area contributed by atoms with Crippen molar-refractivity contribution in [2.75, 3.05) is 13.6 Å². The summed E-state index contributed by atoms with van der Waals surface area (Å²) >= 11 is 5.94. The van der Waals surface area contributed by atoms with E-state index >= 15 is 0 Å². The minimum atomic E-state index is -0.255. The predicted octanol–water partition coefficient (Wildman–Crippen LogP) is 3.96. The SMILES string of the molecule is CNCC(OCc1cccc(Cl)c1)c1cccc(F)c1. The van der Waals surface area contributed by atoms with Crippen molar-refractivity contribution < 1.29 is 9.13 Å². The van der Waals surface area contributed by atoms with Crippen LogP contribution in [-0.4, -0.2) is 13.6 Å². The maximum Gasteiger partial charge on any atom is 0.123 e. The molecule has 1 unspecified atom stereocenters. The van der Waals surface area contributed by atoms with Crippen molar-refractivity contribution in [2.45, 2.75) is 12.7 Å². The van der Waals surface area contributed by atoms with E-state index in [1.54, 1.807) is 6.07 Å². The summed E-state index contributed by atoms with van der Waals surface area (Å²) < 4.78 is 19.2. The second-order valence-corrected chi connectivity index (χ2v) is 4.98. The summed E-state index contributed by atoms with van der Waals surface area (Å²) in [5.74, 6) is -0.255. The van der Waals surface area contributed by atoms with Crippen molar-refractivity contribution in [3.8, 4) is 0 Å². The van der Waals surface area contributed by atoms with Gasteiger partial charge in [0, 0.05) is 11.6 Å². The fraction of sp³-hybridized carbons (Fsp3) is 0.250. The van der Waals surface area contributed by atoms with Gasteiger partial charge in [-0.05, 0) is 42.4 Å². The van der Waals surface area contributed by atoms with E-state index in [2.05, 4.69) is 5.32 Å². The third-order valence-corrected chi connectivity index (χ3v) is 3.19. The maximum atomic E-state index is 13.3. The van der Waals surface area contributed by atoms with E-state index in [0.717, 1.165) is 11.1 Å². The normalized spacial score (nSPS) is 12.3. The molecule has 0 aromatic heterocycles. The molecule has 2 aromatic rings. The largest absolute Gasteiger partial charge is 0.368 e. The van der Waals surface area contributed by atoms with Gasteiger partial charge in [-0.1, -0.05) is 35.9 Å². The summed E-state index contributed by atoms with van der Waals surface area (Å²) in [6, 6.07) is 14.0. The highest BCUT2D eigenvalue weighted by atomic mass is 35.5. The van der Waals surface area contributed by atoms with Gasteiger partial charge in [-0.3, -0.25) is 0 Å². The lowest BCUT2D eigenvalue weighted by atomic mass is 10.1. The number of halogens is 2. The van der Waals surface area contributed by atoms with Crippen LogP contribution in [0, 0.1) is 5.82 Å². The zero-order chi connectivity index (χ0) is 14.4. The molecule has 0 spiro atoms. The van der Waals surface area contributed by atoms with Gasteiger partial charge in [0.25, 0.3) is 0 Å². The number of nitrogens with one attached hydrogen (secondary N) is 1. The topological polar surface area (TPSA) is 21.3 Å². The number of hydrogen-bond donors (Lipinski definition) is 1. The van der Waals surface area contributed by atoms with E-state index in [0.29, 0.717) is 18.2 Å². The van der Waals surface area contributed by atoms with Gasteiger partial charge in [0.15, 0.2) is 0 Å². The van der Waals surface area contributed by atoms with Crippen LogP contribution in [-0.2, 0) is 11.3 Å². The van der Waals surface area contributed by atoms with Crippen LogP contribution in [0.25, 0.3) is 0 Å². The summed E-state index contributed by atoms with van der Waals surface area (Å²) in [6.07, 6.45) is -0.199. The van der Waals surface area contributed by atoms with Crippen LogP contribution >= 0.6 is 11.6 Å². The molecule has 0 aliphatic carbocycles. The highest BCUT2D eigenvalue weighted by molar-refractivity contribution is 6.30. The van der Waals surface area contributed by atoms with Crippen molar-refractivity contribution in [3.05, 3.63) is 70.5 Å². The Bertz CT molecular complexity index is 562. The van der Waals surface area contributed by atoms with E-state index in [1.165, 1.54) is 12.1 Å². The summed E-state index contributed by atoms with van der Waals surface area (Å²) in [4.78, 5) is 0.